The Kier molecular flexibility index (Phi) is 12.2. The predicted octanol–water partition coefficient (Wildman–Crippen LogP) is 5.27. The van der Waals surface area contributed by atoms with E-state index in [2.05, 4.69) is 5.32 Å². The molecule has 0 saturated carbocycles. The first-order valence-electron chi connectivity index (χ1n) is 12.6. The summed E-state index contributed by atoms with van der Waals surface area (Å²) in [7, 11) is -3.65. The highest BCUT2D eigenvalue weighted by Crippen LogP contribution is 2.30. The van der Waals surface area contributed by atoms with E-state index in [1.54, 1.807) is 49.4 Å². The molecule has 1 N–H and O–H groups in total. The van der Waals surface area contributed by atoms with Gasteiger partial charge in [-0.1, -0.05) is 48.3 Å². The average Bonchev–Trinajstić information content (AvgIpc) is 2.85. The third-order valence-electron chi connectivity index (χ3n) is 6.11. The number of benzene rings is 2. The molecular weight excluding hydrogens is 549 g/mol. The number of amides is 2. The Morgan fingerprint density at radius 1 is 1.08 bits per heavy atom. The van der Waals surface area contributed by atoms with Gasteiger partial charge in [0, 0.05) is 35.6 Å². The van der Waals surface area contributed by atoms with E-state index in [-0.39, 0.29) is 43.8 Å². The number of anilines is 1. The molecule has 0 saturated heterocycles. The van der Waals surface area contributed by atoms with Crippen LogP contribution in [0.5, 0.6) is 5.75 Å². The number of carbonyl (C=O) groups excluding carboxylic acids is 2. The Bertz CT molecular complexity index is 1210. The Morgan fingerprint density at radius 2 is 1.76 bits per heavy atom. The number of nitrogens with one attached hydrogen (secondary N) is 1. The zero-order valence-electron chi connectivity index (χ0n) is 22.5. The number of hydrogen-bond donors (Lipinski definition) is 1. The van der Waals surface area contributed by atoms with E-state index in [1.807, 2.05) is 20.8 Å². The zero-order valence-corrected chi connectivity index (χ0v) is 24.9. The van der Waals surface area contributed by atoms with E-state index in [1.165, 1.54) is 9.21 Å². The maximum absolute atomic E-state index is 13.4. The molecule has 8 nitrogen and oxygen atoms in total. The lowest BCUT2D eigenvalue weighted by molar-refractivity contribution is -0.140. The van der Waals surface area contributed by atoms with Crippen LogP contribution in [-0.4, -0.2) is 56.6 Å². The molecule has 0 aliphatic carbocycles. The Hall–Kier alpha value is -2.49. The van der Waals surface area contributed by atoms with Crippen LogP contribution in [0.15, 0.2) is 42.5 Å². The topological polar surface area (TPSA) is 96.0 Å². The zero-order chi connectivity index (χ0) is 28.5. The summed E-state index contributed by atoms with van der Waals surface area (Å²) in [4.78, 5) is 27.8. The average molecular weight is 587 g/mol. The van der Waals surface area contributed by atoms with Gasteiger partial charge in [-0.2, -0.15) is 0 Å². The molecule has 0 radical (unpaired) electrons. The second-order valence-corrected chi connectivity index (χ2v) is 11.8. The van der Waals surface area contributed by atoms with E-state index in [4.69, 9.17) is 27.9 Å². The monoisotopic (exact) mass is 585 g/mol. The van der Waals surface area contributed by atoms with Crippen molar-refractivity contribution in [3.63, 3.8) is 0 Å². The molecule has 210 valence electrons. The maximum atomic E-state index is 13.4. The molecule has 0 aromatic heterocycles. The van der Waals surface area contributed by atoms with Crippen LogP contribution in [0.2, 0.25) is 10.0 Å². The number of hydrogen-bond acceptors (Lipinski definition) is 5. The van der Waals surface area contributed by atoms with Crippen molar-refractivity contribution in [2.24, 2.45) is 0 Å². The van der Waals surface area contributed by atoms with Crippen molar-refractivity contribution < 1.29 is 22.7 Å². The molecule has 38 heavy (non-hydrogen) atoms. The highest BCUT2D eigenvalue weighted by molar-refractivity contribution is 7.92. The normalized spacial score (nSPS) is 12.9. The van der Waals surface area contributed by atoms with Crippen molar-refractivity contribution in [3.8, 4) is 5.75 Å². The smallest absolute Gasteiger partial charge is 0.242 e. The van der Waals surface area contributed by atoms with Crippen LogP contribution >= 0.6 is 23.2 Å². The van der Waals surface area contributed by atoms with E-state index < -0.39 is 16.1 Å². The van der Waals surface area contributed by atoms with Crippen LogP contribution in [0.3, 0.4) is 0 Å². The third kappa shape index (κ3) is 9.06. The largest absolute Gasteiger partial charge is 0.492 e. The van der Waals surface area contributed by atoms with Crippen LogP contribution in [0.25, 0.3) is 0 Å². The number of carbonyl (C=O) groups is 2. The van der Waals surface area contributed by atoms with Crippen LogP contribution < -0.4 is 14.4 Å². The predicted molar refractivity (Wildman–Crippen MR) is 153 cm³/mol. The Labute approximate surface area is 236 Å². The lowest BCUT2D eigenvalue weighted by Crippen LogP contribution is -2.49. The maximum Gasteiger partial charge on any atom is 0.242 e. The number of para-hydroxylation sites is 2. The lowest BCUT2D eigenvalue weighted by atomic mass is 10.1. The highest BCUT2D eigenvalue weighted by Gasteiger charge is 2.28. The van der Waals surface area contributed by atoms with Gasteiger partial charge in [-0.3, -0.25) is 13.9 Å². The van der Waals surface area contributed by atoms with Gasteiger partial charge in [0.05, 0.1) is 18.6 Å². The fraction of sp³-hybridized carbons (Fsp3) is 0.481. The van der Waals surface area contributed by atoms with Crippen molar-refractivity contribution in [2.45, 2.75) is 65.6 Å². The highest BCUT2D eigenvalue weighted by atomic mass is 35.5. The number of ether oxygens (including phenoxy) is 1. The second kappa shape index (κ2) is 14.6. The molecule has 2 amide bonds. The first-order chi connectivity index (χ1) is 17.9. The van der Waals surface area contributed by atoms with E-state index in [9.17, 15) is 18.0 Å². The molecule has 2 atom stereocenters. The van der Waals surface area contributed by atoms with Crippen LogP contribution in [0, 0.1) is 0 Å². The second-order valence-electron chi connectivity index (χ2n) is 9.09. The number of sulfonamides is 1. The number of rotatable bonds is 14. The molecule has 2 rings (SSSR count). The van der Waals surface area contributed by atoms with Gasteiger partial charge in [0.2, 0.25) is 21.8 Å². The molecule has 0 aliphatic rings. The molecule has 2 aromatic carbocycles. The summed E-state index contributed by atoms with van der Waals surface area (Å²) in [5.41, 5.74) is 1.06. The first kappa shape index (κ1) is 31.7. The first-order valence-corrected chi connectivity index (χ1v) is 15.2. The quantitative estimate of drug-likeness (QED) is 0.326. The summed E-state index contributed by atoms with van der Waals surface area (Å²) in [6, 6.07) is 11.0. The Balaban J connectivity index is 2.25. The molecular formula is C27H37Cl2N3O5S. The summed E-state index contributed by atoms with van der Waals surface area (Å²) < 4.78 is 32.1. The summed E-state index contributed by atoms with van der Waals surface area (Å²) in [5, 5.41) is 3.77. The van der Waals surface area contributed by atoms with Crippen molar-refractivity contribution >= 4 is 50.7 Å². The summed E-state index contributed by atoms with van der Waals surface area (Å²) in [5.74, 6) is -0.128. The van der Waals surface area contributed by atoms with Gasteiger partial charge in [0.15, 0.2) is 0 Å². The fourth-order valence-electron chi connectivity index (χ4n) is 3.80. The molecule has 0 fully saturated rings. The fourth-order valence-corrected chi connectivity index (χ4v) is 5.24. The molecule has 0 heterocycles. The minimum atomic E-state index is -3.65. The Morgan fingerprint density at radius 3 is 2.37 bits per heavy atom. The SMILES string of the molecule is CCOc1ccccc1N(CCCC(=O)N(Cc1ccc(Cl)cc1Cl)[C@H](C)C(=O)N[C@H](C)CC)S(C)(=O)=O. The van der Waals surface area contributed by atoms with Gasteiger partial charge in [-0.05, 0) is 63.4 Å². The van der Waals surface area contributed by atoms with Crippen LogP contribution in [0.4, 0.5) is 5.69 Å². The number of nitrogens with zero attached hydrogens (tertiary/aromatic N) is 2. The lowest BCUT2D eigenvalue weighted by Gasteiger charge is -2.30. The molecule has 0 unspecified atom stereocenters. The van der Waals surface area contributed by atoms with Gasteiger partial charge in [0.1, 0.15) is 11.8 Å². The van der Waals surface area contributed by atoms with Gasteiger partial charge in [-0.15, -0.1) is 0 Å². The molecule has 11 heteroatoms. The van der Waals surface area contributed by atoms with Crippen molar-refractivity contribution in [1.29, 1.82) is 0 Å². The standard InChI is InChI=1S/C27H37Cl2N3O5S/c1-6-19(3)30-27(34)20(4)31(18-21-14-15-22(28)17-23(21)29)26(33)13-10-16-32(38(5,35)36)24-11-8-9-12-25(24)37-7-2/h8-9,11-12,14-15,17,19-20H,6-7,10,13,16,18H2,1-5H3,(H,30,34)/t19-,20-/m1/s1. The third-order valence-corrected chi connectivity index (χ3v) is 7.88. The minimum Gasteiger partial charge on any atom is -0.492 e. The van der Waals surface area contributed by atoms with Crippen molar-refractivity contribution in [3.05, 3.63) is 58.1 Å². The molecule has 0 bridgehead atoms. The van der Waals surface area contributed by atoms with Crippen LogP contribution in [-0.2, 0) is 26.2 Å². The molecule has 2 aromatic rings. The summed E-state index contributed by atoms with van der Waals surface area (Å²) in [6.45, 7) is 7.90. The van der Waals surface area contributed by atoms with Gasteiger partial charge < -0.3 is 15.0 Å². The van der Waals surface area contributed by atoms with Gasteiger partial charge in [0.25, 0.3) is 0 Å². The van der Waals surface area contributed by atoms with E-state index in [0.717, 1.165) is 12.7 Å². The summed E-state index contributed by atoms with van der Waals surface area (Å²) in [6.07, 6.45) is 2.12. The number of halogens is 2. The molecule has 0 spiro atoms. The van der Waals surface area contributed by atoms with Crippen molar-refractivity contribution in [1.82, 2.24) is 10.2 Å². The summed E-state index contributed by atoms with van der Waals surface area (Å²) >= 11 is 12.4. The molecule has 0 aliphatic heterocycles. The van der Waals surface area contributed by atoms with E-state index >= 15 is 0 Å². The van der Waals surface area contributed by atoms with Gasteiger partial charge >= 0.3 is 0 Å². The van der Waals surface area contributed by atoms with E-state index in [0.29, 0.717) is 33.7 Å². The minimum absolute atomic E-state index is 0.0228. The van der Waals surface area contributed by atoms with Gasteiger partial charge in [-0.25, -0.2) is 8.42 Å². The van der Waals surface area contributed by atoms with Crippen molar-refractivity contribution in [2.75, 3.05) is 23.7 Å². The van der Waals surface area contributed by atoms with Crippen LogP contribution in [0.1, 0.15) is 52.5 Å².